The minimum atomic E-state index is -1.36. The van der Waals surface area contributed by atoms with Gasteiger partial charge in [0.05, 0.1) is 5.69 Å². The van der Waals surface area contributed by atoms with Gasteiger partial charge in [0, 0.05) is 10.0 Å². The number of cyclic esters (lactones) is 1. The molecule has 2 amide bonds. The van der Waals surface area contributed by atoms with E-state index in [1.54, 1.807) is 0 Å². The number of anilines is 1. The number of ether oxygens (including phenoxy) is 1. The average molecular weight is 286 g/mol. The van der Waals surface area contributed by atoms with E-state index in [0.717, 1.165) is 4.90 Å². The van der Waals surface area contributed by atoms with E-state index in [4.69, 9.17) is 27.9 Å². The molecular weight excluding hydrogens is 277 g/mol. The summed E-state index contributed by atoms with van der Waals surface area (Å²) in [6, 6.07) is 4.42. The van der Waals surface area contributed by atoms with Gasteiger partial charge in [-0.15, -0.1) is 0 Å². The molecule has 0 N–H and O–H groups in total. The molecule has 1 aliphatic heterocycles. The highest BCUT2D eigenvalue weighted by molar-refractivity contribution is 6.35. The van der Waals surface area contributed by atoms with Gasteiger partial charge in [-0.1, -0.05) is 29.8 Å². The minimum absolute atomic E-state index is 0.271. The van der Waals surface area contributed by atoms with E-state index >= 15 is 0 Å². The van der Waals surface area contributed by atoms with Crippen LogP contribution in [0.25, 0.3) is 0 Å². The molecule has 0 saturated carbocycles. The lowest BCUT2D eigenvalue weighted by Gasteiger charge is -2.15. The number of imide groups is 1. The first-order valence-electron chi connectivity index (χ1n) is 5.04. The third-order valence-corrected chi connectivity index (χ3v) is 3.04. The summed E-state index contributed by atoms with van der Waals surface area (Å²) in [6.07, 6.45) is 0.500. The molecule has 1 aromatic rings. The van der Waals surface area contributed by atoms with Crippen LogP contribution in [0.1, 0.15) is 6.92 Å². The van der Waals surface area contributed by atoms with Crippen LogP contribution in [-0.4, -0.2) is 17.6 Å². The van der Waals surface area contributed by atoms with Crippen molar-refractivity contribution in [1.82, 2.24) is 0 Å². The predicted octanol–water partition coefficient (Wildman–Crippen LogP) is 3.42. The van der Waals surface area contributed by atoms with Crippen LogP contribution in [0.4, 0.5) is 10.5 Å². The summed E-state index contributed by atoms with van der Waals surface area (Å²) in [5.74, 6) is -0.527. The maximum absolute atomic E-state index is 12.1. The molecule has 4 nitrogen and oxygen atoms in total. The fourth-order valence-corrected chi connectivity index (χ4v) is 2.11. The second-order valence-electron chi connectivity index (χ2n) is 3.95. The molecule has 0 aromatic heterocycles. The zero-order chi connectivity index (χ0) is 13.5. The number of halogens is 2. The number of carbonyl (C=O) groups excluding carboxylic acids is 2. The van der Waals surface area contributed by atoms with Crippen LogP contribution in [0, 0.1) is 0 Å². The van der Waals surface area contributed by atoms with Crippen LogP contribution in [0.5, 0.6) is 0 Å². The number of nitrogens with zero attached hydrogens (tertiary/aromatic N) is 1. The highest BCUT2D eigenvalue weighted by atomic mass is 35.5. The van der Waals surface area contributed by atoms with E-state index in [1.807, 2.05) is 0 Å². The summed E-state index contributed by atoms with van der Waals surface area (Å²) in [5, 5.41) is 0.649. The smallest absolute Gasteiger partial charge is 0.422 e. The lowest BCUT2D eigenvalue weighted by atomic mass is 10.1. The minimum Gasteiger partial charge on any atom is -0.428 e. The monoisotopic (exact) mass is 285 g/mol. The topological polar surface area (TPSA) is 46.6 Å². The molecular formula is C12H9Cl2NO3. The summed E-state index contributed by atoms with van der Waals surface area (Å²) >= 11 is 11.7. The molecule has 1 aromatic carbocycles. The molecule has 1 heterocycles. The molecule has 1 unspecified atom stereocenters. The third kappa shape index (κ3) is 1.98. The van der Waals surface area contributed by atoms with Crippen LogP contribution < -0.4 is 4.90 Å². The van der Waals surface area contributed by atoms with E-state index < -0.39 is 17.6 Å². The lowest BCUT2D eigenvalue weighted by Crippen LogP contribution is -2.37. The number of benzene rings is 1. The maximum atomic E-state index is 12.1. The molecule has 0 radical (unpaired) electrons. The predicted molar refractivity (Wildman–Crippen MR) is 69.0 cm³/mol. The van der Waals surface area contributed by atoms with Crippen molar-refractivity contribution in [2.45, 2.75) is 12.5 Å². The molecule has 1 atom stereocenters. The second-order valence-corrected chi connectivity index (χ2v) is 4.82. The van der Waals surface area contributed by atoms with Crippen LogP contribution >= 0.6 is 23.2 Å². The Morgan fingerprint density at radius 1 is 1.28 bits per heavy atom. The van der Waals surface area contributed by atoms with E-state index in [1.165, 1.54) is 31.2 Å². The van der Waals surface area contributed by atoms with Crippen molar-refractivity contribution >= 4 is 40.9 Å². The summed E-state index contributed by atoms with van der Waals surface area (Å²) in [7, 11) is 0. The first-order chi connectivity index (χ1) is 8.37. The molecule has 6 heteroatoms. The molecule has 1 saturated heterocycles. The third-order valence-electron chi connectivity index (χ3n) is 2.60. The van der Waals surface area contributed by atoms with Crippen molar-refractivity contribution in [3.8, 4) is 0 Å². The van der Waals surface area contributed by atoms with Crippen LogP contribution in [0.3, 0.4) is 0 Å². The molecule has 94 valence electrons. The summed E-state index contributed by atoms with van der Waals surface area (Å²) in [6.45, 7) is 4.95. The Labute approximate surface area is 114 Å². The van der Waals surface area contributed by atoms with Crippen LogP contribution in [-0.2, 0) is 9.53 Å². The van der Waals surface area contributed by atoms with E-state index in [0.29, 0.717) is 10.0 Å². The van der Waals surface area contributed by atoms with Crippen LogP contribution in [0.15, 0.2) is 30.9 Å². The highest BCUT2D eigenvalue weighted by Crippen LogP contribution is 2.33. The Morgan fingerprint density at radius 2 is 1.83 bits per heavy atom. The standard InChI is InChI=1S/C12H9Cl2NO3/c1-3-12(2)10(16)15(11(17)18-12)9-5-7(13)4-8(14)6-9/h3-6H,1H2,2H3. The average Bonchev–Trinajstić information content (AvgIpc) is 2.49. The summed E-state index contributed by atoms with van der Waals surface area (Å²) < 4.78 is 4.99. The quantitative estimate of drug-likeness (QED) is 0.782. The highest BCUT2D eigenvalue weighted by Gasteiger charge is 2.49. The number of hydrogen-bond donors (Lipinski definition) is 0. The second kappa shape index (κ2) is 4.30. The van der Waals surface area contributed by atoms with Crippen molar-refractivity contribution < 1.29 is 14.3 Å². The van der Waals surface area contributed by atoms with Gasteiger partial charge in [0.1, 0.15) is 0 Å². The van der Waals surface area contributed by atoms with Gasteiger partial charge in [-0.3, -0.25) is 4.79 Å². The van der Waals surface area contributed by atoms with Gasteiger partial charge in [0.25, 0.3) is 5.91 Å². The molecule has 1 aliphatic rings. The van der Waals surface area contributed by atoms with Gasteiger partial charge < -0.3 is 4.74 Å². The first kappa shape index (κ1) is 12.9. The van der Waals surface area contributed by atoms with Gasteiger partial charge in [-0.25, -0.2) is 9.69 Å². The molecule has 18 heavy (non-hydrogen) atoms. The number of amides is 2. The fraction of sp³-hybridized carbons (Fsp3) is 0.167. The zero-order valence-corrected chi connectivity index (χ0v) is 11.0. The number of carbonyl (C=O) groups is 2. The van der Waals surface area contributed by atoms with E-state index in [2.05, 4.69) is 6.58 Å². The molecule has 2 rings (SSSR count). The normalized spacial score (nSPS) is 23.2. The van der Waals surface area contributed by atoms with Crippen molar-refractivity contribution in [2.24, 2.45) is 0 Å². The fourth-order valence-electron chi connectivity index (χ4n) is 1.60. The Morgan fingerprint density at radius 3 is 2.28 bits per heavy atom. The SMILES string of the molecule is C=CC1(C)OC(=O)N(c2cc(Cl)cc(Cl)c2)C1=O. The largest absolute Gasteiger partial charge is 0.428 e. The Bertz CT molecular complexity index is 538. The number of hydrogen-bond acceptors (Lipinski definition) is 3. The lowest BCUT2D eigenvalue weighted by molar-refractivity contribution is -0.125. The van der Waals surface area contributed by atoms with Crippen molar-refractivity contribution in [3.63, 3.8) is 0 Å². The molecule has 0 bridgehead atoms. The Balaban J connectivity index is 2.48. The van der Waals surface area contributed by atoms with E-state index in [-0.39, 0.29) is 5.69 Å². The van der Waals surface area contributed by atoms with Gasteiger partial charge >= 0.3 is 6.09 Å². The van der Waals surface area contributed by atoms with Crippen molar-refractivity contribution in [1.29, 1.82) is 0 Å². The van der Waals surface area contributed by atoms with Gasteiger partial charge in [-0.05, 0) is 31.2 Å². The van der Waals surface area contributed by atoms with E-state index in [9.17, 15) is 9.59 Å². The Kier molecular flexibility index (Phi) is 3.09. The Hall–Kier alpha value is -1.52. The first-order valence-corrected chi connectivity index (χ1v) is 5.80. The molecule has 0 aliphatic carbocycles. The van der Waals surface area contributed by atoms with Crippen molar-refractivity contribution in [3.05, 3.63) is 40.9 Å². The molecule has 0 spiro atoms. The van der Waals surface area contributed by atoms with Gasteiger partial charge in [0.2, 0.25) is 5.60 Å². The van der Waals surface area contributed by atoms with Crippen molar-refractivity contribution in [2.75, 3.05) is 4.90 Å². The maximum Gasteiger partial charge on any atom is 0.422 e. The molecule has 1 fully saturated rings. The zero-order valence-electron chi connectivity index (χ0n) is 9.44. The van der Waals surface area contributed by atoms with Gasteiger partial charge in [-0.2, -0.15) is 0 Å². The summed E-state index contributed by atoms with van der Waals surface area (Å²) in [4.78, 5) is 24.7. The number of rotatable bonds is 2. The van der Waals surface area contributed by atoms with Gasteiger partial charge in [0.15, 0.2) is 0 Å². The van der Waals surface area contributed by atoms with Crippen LogP contribution in [0.2, 0.25) is 10.0 Å². The summed E-state index contributed by atoms with van der Waals surface area (Å²) in [5.41, 5.74) is -1.08.